The Labute approximate surface area is 645 Å². The predicted octanol–water partition coefficient (Wildman–Crippen LogP) is 22.1. The van der Waals surface area contributed by atoms with Crippen LogP contribution < -0.4 is 5.32 Å². The lowest BCUT2D eigenvalue weighted by Gasteiger charge is -2.46. The second kappa shape index (κ2) is 74.7. The Morgan fingerprint density at radius 2 is 0.638 bits per heavy atom. The van der Waals surface area contributed by atoms with Gasteiger partial charge in [0.05, 0.1) is 32.0 Å². The maximum Gasteiger partial charge on any atom is 0.220 e. The average molecular weight is 1490 g/mol. The standard InChI is InChI=1S/C91H171NO13/c1-3-5-7-9-11-13-15-17-19-21-23-25-27-29-31-33-35-37-38-39-40-41-42-43-45-47-49-51-53-55-57-59-61-63-65-67-69-71-73-75-83(96)92-79(78-102-90-88(101)86(99)89(82(77-94)104-90)105-91-87(100)85(98)84(97)81(76-93)103-91)80(95)74-72-70-68-66-64-62-60-58-56-54-52-50-48-46-44-36-34-32-30-28-26-24-22-20-18-16-14-12-10-8-6-4-2/h15,17,21,23,64,66,72,74,79-82,84-91,93-95,97-101H,3-14,16,18-20,22,24-63,65,67-71,73,75-78H2,1-2H3,(H,92,96)/b17-15-,23-21-,66-64+,74-72+. The topological polar surface area (TPSA) is 228 Å². The van der Waals surface area contributed by atoms with Crippen molar-refractivity contribution in [1.82, 2.24) is 5.32 Å². The van der Waals surface area contributed by atoms with Gasteiger partial charge in [-0.2, -0.15) is 0 Å². The first kappa shape index (κ1) is 99.0. The molecular formula is C91H171NO13. The average Bonchev–Trinajstić information content (AvgIpc) is 0.789. The van der Waals surface area contributed by atoms with Crippen LogP contribution in [-0.2, 0) is 23.7 Å². The van der Waals surface area contributed by atoms with E-state index in [1.807, 2.05) is 6.08 Å². The lowest BCUT2D eigenvalue weighted by atomic mass is 9.97. The number of carbonyl (C=O) groups is 1. The number of allylic oxidation sites excluding steroid dienone is 7. The minimum Gasteiger partial charge on any atom is -0.394 e. The second-order valence-corrected chi connectivity index (χ2v) is 32.1. The maximum absolute atomic E-state index is 13.4. The zero-order valence-electron chi connectivity index (χ0n) is 68.2. The normalized spacial score (nSPS) is 21.5. The van der Waals surface area contributed by atoms with Crippen LogP contribution in [0.2, 0.25) is 0 Å². The molecule has 2 fully saturated rings. The number of hydrogen-bond donors (Lipinski definition) is 9. The van der Waals surface area contributed by atoms with Gasteiger partial charge in [0.2, 0.25) is 5.91 Å². The Balaban J connectivity index is 1.56. The summed E-state index contributed by atoms with van der Waals surface area (Å²) in [6.07, 6.45) is 85.3. The Hall–Kier alpha value is -2.05. The molecule has 12 atom stereocenters. The summed E-state index contributed by atoms with van der Waals surface area (Å²) in [6.45, 7) is 2.85. The number of aliphatic hydroxyl groups is 8. The van der Waals surface area contributed by atoms with Crippen molar-refractivity contribution in [2.45, 2.75) is 505 Å². The van der Waals surface area contributed by atoms with E-state index < -0.39 is 86.8 Å². The molecule has 1 amide bonds. The first-order valence-electron chi connectivity index (χ1n) is 45.4. The summed E-state index contributed by atoms with van der Waals surface area (Å²) in [6, 6.07) is -0.933. The number of unbranched alkanes of at least 4 members (excludes halogenated alkanes) is 59. The third-order valence-electron chi connectivity index (χ3n) is 22.2. The molecule has 2 saturated heterocycles. The molecule has 2 aliphatic heterocycles. The smallest absolute Gasteiger partial charge is 0.220 e. The fourth-order valence-corrected chi connectivity index (χ4v) is 15.1. The van der Waals surface area contributed by atoms with Crippen LogP contribution in [0.3, 0.4) is 0 Å². The monoisotopic (exact) mass is 1490 g/mol. The van der Waals surface area contributed by atoms with Crippen LogP contribution in [0.25, 0.3) is 0 Å². The highest BCUT2D eigenvalue weighted by molar-refractivity contribution is 5.76. The third-order valence-corrected chi connectivity index (χ3v) is 22.2. The van der Waals surface area contributed by atoms with E-state index in [1.54, 1.807) is 6.08 Å². The first-order valence-corrected chi connectivity index (χ1v) is 45.4. The summed E-state index contributed by atoms with van der Waals surface area (Å²) in [5.41, 5.74) is 0. The highest BCUT2D eigenvalue weighted by atomic mass is 16.7. The van der Waals surface area contributed by atoms with Crippen molar-refractivity contribution >= 4 is 5.91 Å². The van der Waals surface area contributed by atoms with Gasteiger partial charge in [-0.05, 0) is 64.2 Å². The van der Waals surface area contributed by atoms with E-state index in [0.717, 1.165) is 38.5 Å². The largest absolute Gasteiger partial charge is 0.394 e. The van der Waals surface area contributed by atoms with Gasteiger partial charge < -0.3 is 65.1 Å². The van der Waals surface area contributed by atoms with Gasteiger partial charge in [-0.3, -0.25) is 4.79 Å². The molecule has 0 aromatic heterocycles. The molecule has 0 aromatic rings. The number of amides is 1. The second-order valence-electron chi connectivity index (χ2n) is 32.1. The third kappa shape index (κ3) is 56.8. The number of ether oxygens (including phenoxy) is 4. The summed E-state index contributed by atoms with van der Waals surface area (Å²) < 4.78 is 22.9. The Morgan fingerprint density at radius 3 is 0.990 bits per heavy atom. The van der Waals surface area contributed by atoms with Crippen molar-refractivity contribution in [1.29, 1.82) is 0 Å². The zero-order chi connectivity index (χ0) is 75.8. The molecule has 14 nitrogen and oxygen atoms in total. The number of aliphatic hydroxyl groups excluding tert-OH is 8. The molecular weight excluding hydrogens is 1310 g/mol. The van der Waals surface area contributed by atoms with Crippen molar-refractivity contribution in [2.75, 3.05) is 19.8 Å². The van der Waals surface area contributed by atoms with Crippen LogP contribution in [0, 0.1) is 0 Å². The molecule has 0 spiro atoms. The lowest BCUT2D eigenvalue weighted by Crippen LogP contribution is -2.65. The molecule has 618 valence electrons. The minimum absolute atomic E-state index is 0.240. The first-order chi connectivity index (χ1) is 51.6. The van der Waals surface area contributed by atoms with Crippen molar-refractivity contribution < 1.29 is 64.6 Å². The van der Waals surface area contributed by atoms with Gasteiger partial charge in [-0.25, -0.2) is 0 Å². The maximum atomic E-state index is 13.4. The summed E-state index contributed by atoms with van der Waals surface area (Å²) in [4.78, 5) is 13.4. The molecule has 0 bridgehead atoms. The Morgan fingerprint density at radius 1 is 0.343 bits per heavy atom. The molecule has 2 rings (SSSR count). The highest BCUT2D eigenvalue weighted by Crippen LogP contribution is 2.31. The van der Waals surface area contributed by atoms with Crippen molar-refractivity contribution in [3.63, 3.8) is 0 Å². The van der Waals surface area contributed by atoms with Gasteiger partial charge >= 0.3 is 0 Å². The van der Waals surface area contributed by atoms with Crippen LogP contribution >= 0.6 is 0 Å². The lowest BCUT2D eigenvalue weighted by molar-refractivity contribution is -0.359. The predicted molar refractivity (Wildman–Crippen MR) is 438 cm³/mol. The van der Waals surface area contributed by atoms with E-state index in [9.17, 15) is 45.6 Å². The zero-order valence-corrected chi connectivity index (χ0v) is 68.2. The molecule has 9 N–H and O–H groups in total. The molecule has 12 unspecified atom stereocenters. The van der Waals surface area contributed by atoms with Gasteiger partial charge in [0.25, 0.3) is 0 Å². The van der Waals surface area contributed by atoms with Gasteiger partial charge in [-0.1, -0.05) is 409 Å². The van der Waals surface area contributed by atoms with Gasteiger partial charge in [0.1, 0.15) is 48.8 Å². The molecule has 0 saturated carbocycles. The summed E-state index contributed by atoms with van der Waals surface area (Å²) in [5.74, 6) is -0.240. The highest BCUT2D eigenvalue weighted by Gasteiger charge is 2.51. The van der Waals surface area contributed by atoms with Crippen LogP contribution in [0.1, 0.15) is 431 Å². The number of hydrogen-bond acceptors (Lipinski definition) is 13. The van der Waals surface area contributed by atoms with Gasteiger partial charge in [-0.15, -0.1) is 0 Å². The van der Waals surface area contributed by atoms with Crippen molar-refractivity contribution in [2.24, 2.45) is 0 Å². The summed E-state index contributed by atoms with van der Waals surface area (Å²) in [5, 5.41) is 87.8. The number of nitrogens with one attached hydrogen (secondary N) is 1. The fourth-order valence-electron chi connectivity index (χ4n) is 15.1. The molecule has 0 aliphatic carbocycles. The van der Waals surface area contributed by atoms with Gasteiger partial charge in [0, 0.05) is 6.42 Å². The molecule has 0 aromatic carbocycles. The Kier molecular flexibility index (Phi) is 70.4. The molecule has 14 heteroatoms. The van der Waals surface area contributed by atoms with Crippen LogP contribution in [0.5, 0.6) is 0 Å². The molecule has 2 heterocycles. The number of carbonyl (C=O) groups excluding carboxylic acids is 1. The van der Waals surface area contributed by atoms with Crippen molar-refractivity contribution in [3.8, 4) is 0 Å². The van der Waals surface area contributed by atoms with Gasteiger partial charge in [0.15, 0.2) is 12.6 Å². The van der Waals surface area contributed by atoms with E-state index in [4.69, 9.17) is 18.9 Å². The molecule has 0 radical (unpaired) electrons. The summed E-state index contributed by atoms with van der Waals surface area (Å²) in [7, 11) is 0. The van der Waals surface area contributed by atoms with E-state index >= 15 is 0 Å². The minimum atomic E-state index is -1.79. The number of rotatable bonds is 78. The van der Waals surface area contributed by atoms with E-state index in [0.29, 0.717) is 12.8 Å². The molecule has 2 aliphatic rings. The fraction of sp³-hybridized carbons (Fsp3) is 0.901. The van der Waals surface area contributed by atoms with E-state index in [2.05, 4.69) is 55.6 Å². The van der Waals surface area contributed by atoms with Crippen molar-refractivity contribution in [3.05, 3.63) is 48.6 Å². The van der Waals surface area contributed by atoms with Crippen LogP contribution in [-0.4, -0.2) is 140 Å². The van der Waals surface area contributed by atoms with Crippen LogP contribution in [0.15, 0.2) is 48.6 Å². The van der Waals surface area contributed by atoms with E-state index in [1.165, 1.54) is 360 Å². The summed E-state index contributed by atoms with van der Waals surface area (Å²) >= 11 is 0. The quantitative estimate of drug-likeness (QED) is 0.0204. The van der Waals surface area contributed by atoms with Crippen LogP contribution in [0.4, 0.5) is 0 Å². The molecule has 105 heavy (non-hydrogen) atoms. The Bertz CT molecular complexity index is 1950. The SMILES string of the molecule is CCCCCCC/C=C\C/C=C\CCCCCCCCCCCCCCCCCCCCCCCCCCCCCC(=O)NC(COC1OC(CO)C(OC2OC(CO)C(O)C(O)C2O)C(O)C1O)C(O)/C=C/CC/C=C/CCCCCCCCCCCCCCCCCCCCCCCCCCCC. The van der Waals surface area contributed by atoms with E-state index in [-0.39, 0.29) is 18.9 Å².